The molecule has 0 aromatic carbocycles. The predicted molar refractivity (Wildman–Crippen MR) is 93.5 cm³/mol. The lowest BCUT2D eigenvalue weighted by Crippen LogP contribution is -3.13. The molecule has 0 spiro atoms. The Labute approximate surface area is 141 Å². The minimum absolute atomic E-state index is 0.0112. The van der Waals surface area contributed by atoms with Gasteiger partial charge in [-0.2, -0.15) is 0 Å². The van der Waals surface area contributed by atoms with Crippen molar-refractivity contribution in [2.75, 3.05) is 19.8 Å². The quantitative estimate of drug-likeness (QED) is 0.240. The van der Waals surface area contributed by atoms with Gasteiger partial charge in [-0.05, 0) is 31.2 Å². The summed E-state index contributed by atoms with van der Waals surface area (Å²) in [5, 5.41) is 25.1. The number of allylic oxidation sites excluding steroid dienone is 2. The van der Waals surface area contributed by atoms with Gasteiger partial charge in [-0.1, -0.05) is 12.1 Å². The number of aliphatic hydroxyl groups excluding tert-OH is 2. The SMILES string of the molecule is C/C(N)=N\N=c1/ccccn1CCO.NC1C=CC=C[NH+]1CCO. The third kappa shape index (κ3) is 7.34. The van der Waals surface area contributed by atoms with Crippen LogP contribution in [-0.4, -0.2) is 46.5 Å². The number of pyridine rings is 1. The molecular weight excluding hydrogens is 308 g/mol. The monoisotopic (exact) mass is 335 g/mol. The molecule has 0 bridgehead atoms. The summed E-state index contributed by atoms with van der Waals surface area (Å²) in [6.07, 6.45) is 9.58. The standard InChI is InChI=1S/C9H14N4O.C7H12N2O/c1-8(10)11-12-9-4-2-3-5-13(9)6-7-14;8-7-3-1-2-4-9(7)5-6-10/h2-5,14H,6-7H2,1H3,(H2,10,11);1-4,7,10H,5-6,8H2/p+1/b12-9+;. The first-order chi connectivity index (χ1) is 11.6. The van der Waals surface area contributed by atoms with E-state index in [1.54, 1.807) is 11.5 Å². The van der Waals surface area contributed by atoms with Crippen LogP contribution in [0.4, 0.5) is 0 Å². The number of aromatic nitrogens is 1. The molecule has 0 amide bonds. The van der Waals surface area contributed by atoms with Gasteiger partial charge >= 0.3 is 0 Å². The van der Waals surface area contributed by atoms with Crippen LogP contribution in [0.3, 0.4) is 0 Å². The maximum absolute atomic E-state index is 8.80. The van der Waals surface area contributed by atoms with E-state index in [1.807, 2.05) is 48.8 Å². The summed E-state index contributed by atoms with van der Waals surface area (Å²) in [6, 6.07) is 5.53. The molecule has 8 heteroatoms. The van der Waals surface area contributed by atoms with E-state index in [2.05, 4.69) is 10.2 Å². The summed E-state index contributed by atoms with van der Waals surface area (Å²) in [4.78, 5) is 1.10. The maximum atomic E-state index is 8.80. The number of quaternary nitrogens is 1. The molecule has 2 atom stereocenters. The Balaban J connectivity index is 0.000000254. The number of aliphatic hydroxyl groups is 2. The van der Waals surface area contributed by atoms with Crippen LogP contribution in [0.5, 0.6) is 0 Å². The molecule has 8 nitrogen and oxygen atoms in total. The van der Waals surface area contributed by atoms with Gasteiger partial charge < -0.3 is 20.5 Å². The van der Waals surface area contributed by atoms with E-state index in [1.165, 1.54) is 0 Å². The van der Waals surface area contributed by atoms with Crippen molar-refractivity contribution in [3.63, 3.8) is 0 Å². The molecule has 0 fully saturated rings. The summed E-state index contributed by atoms with van der Waals surface area (Å²) < 4.78 is 1.80. The van der Waals surface area contributed by atoms with Crippen molar-refractivity contribution < 1.29 is 15.1 Å². The van der Waals surface area contributed by atoms with E-state index >= 15 is 0 Å². The Kier molecular flexibility index (Phi) is 9.32. The van der Waals surface area contributed by atoms with E-state index in [0.717, 1.165) is 4.90 Å². The van der Waals surface area contributed by atoms with Gasteiger partial charge in [0.05, 0.1) is 19.4 Å². The molecule has 2 rings (SSSR count). The first-order valence-electron chi connectivity index (χ1n) is 7.75. The number of nitrogens with zero attached hydrogens (tertiary/aromatic N) is 3. The molecule has 1 aliphatic rings. The number of hydrogen-bond donors (Lipinski definition) is 5. The van der Waals surface area contributed by atoms with Crippen LogP contribution in [0.15, 0.2) is 59.0 Å². The van der Waals surface area contributed by atoms with Crippen LogP contribution in [0, 0.1) is 0 Å². The lowest BCUT2D eigenvalue weighted by atomic mass is 10.3. The first-order valence-corrected chi connectivity index (χ1v) is 7.75. The van der Waals surface area contributed by atoms with Crippen LogP contribution in [0.25, 0.3) is 0 Å². The fourth-order valence-corrected chi connectivity index (χ4v) is 1.96. The second kappa shape index (κ2) is 11.3. The van der Waals surface area contributed by atoms with Crippen molar-refractivity contribution in [1.82, 2.24) is 4.57 Å². The molecule has 0 saturated heterocycles. The molecule has 132 valence electrons. The van der Waals surface area contributed by atoms with Crippen molar-refractivity contribution >= 4 is 5.84 Å². The van der Waals surface area contributed by atoms with E-state index in [4.69, 9.17) is 21.7 Å². The molecule has 2 heterocycles. The molecule has 24 heavy (non-hydrogen) atoms. The van der Waals surface area contributed by atoms with Gasteiger partial charge in [0, 0.05) is 12.7 Å². The molecular formula is C16H27N6O2+. The zero-order chi connectivity index (χ0) is 17.8. The highest BCUT2D eigenvalue weighted by Crippen LogP contribution is 1.82. The smallest absolute Gasteiger partial charge is 0.162 e. The summed E-state index contributed by atoms with van der Waals surface area (Å²) in [7, 11) is 0. The highest BCUT2D eigenvalue weighted by molar-refractivity contribution is 5.77. The fraction of sp³-hybridized carbons (Fsp3) is 0.375. The first kappa shape index (κ1) is 19.8. The van der Waals surface area contributed by atoms with Crippen molar-refractivity contribution in [3.05, 3.63) is 54.3 Å². The second-order valence-electron chi connectivity index (χ2n) is 5.14. The van der Waals surface area contributed by atoms with Gasteiger partial charge in [0.1, 0.15) is 12.4 Å². The molecule has 1 aliphatic heterocycles. The Morgan fingerprint density at radius 1 is 1.29 bits per heavy atom. The van der Waals surface area contributed by atoms with Gasteiger partial charge in [0.2, 0.25) is 0 Å². The molecule has 7 N–H and O–H groups in total. The van der Waals surface area contributed by atoms with E-state index in [-0.39, 0.29) is 19.4 Å². The summed E-state index contributed by atoms with van der Waals surface area (Å²) in [5.41, 5.74) is 11.7. The maximum Gasteiger partial charge on any atom is 0.162 e. The molecule has 0 saturated carbocycles. The van der Waals surface area contributed by atoms with Crippen LogP contribution >= 0.6 is 0 Å². The normalized spacial score (nSPS) is 20.7. The summed E-state index contributed by atoms with van der Waals surface area (Å²) >= 11 is 0. The number of hydrogen-bond acceptors (Lipinski definition) is 5. The Hall–Kier alpha value is -2.26. The third-order valence-electron chi connectivity index (χ3n) is 3.14. The minimum Gasteiger partial charge on any atom is -0.395 e. The summed E-state index contributed by atoms with van der Waals surface area (Å²) in [6.45, 7) is 3.10. The molecule has 0 aliphatic carbocycles. The van der Waals surface area contributed by atoms with Crippen molar-refractivity contribution in [2.45, 2.75) is 19.6 Å². The van der Waals surface area contributed by atoms with Crippen molar-refractivity contribution in [1.29, 1.82) is 0 Å². The fourth-order valence-electron chi connectivity index (χ4n) is 1.96. The minimum atomic E-state index is 0.0112. The largest absolute Gasteiger partial charge is 0.395 e. The molecule has 1 aromatic rings. The number of amidine groups is 1. The van der Waals surface area contributed by atoms with Crippen LogP contribution < -0.4 is 21.9 Å². The Morgan fingerprint density at radius 3 is 2.71 bits per heavy atom. The average Bonchev–Trinajstić information content (AvgIpc) is 2.57. The third-order valence-corrected chi connectivity index (χ3v) is 3.14. The predicted octanol–water partition coefficient (Wildman–Crippen LogP) is -2.09. The number of rotatable bonds is 5. The van der Waals surface area contributed by atoms with Gasteiger partial charge in [-0.15, -0.1) is 10.2 Å². The van der Waals surface area contributed by atoms with Crippen LogP contribution in [0.2, 0.25) is 0 Å². The Morgan fingerprint density at radius 2 is 2.08 bits per heavy atom. The van der Waals surface area contributed by atoms with Gasteiger partial charge in [0.15, 0.2) is 11.7 Å². The molecule has 0 radical (unpaired) electrons. The van der Waals surface area contributed by atoms with E-state index in [9.17, 15) is 0 Å². The highest BCUT2D eigenvalue weighted by atomic mass is 16.3. The van der Waals surface area contributed by atoms with E-state index < -0.39 is 0 Å². The van der Waals surface area contributed by atoms with Gasteiger partial charge in [-0.3, -0.25) is 10.6 Å². The van der Waals surface area contributed by atoms with Crippen molar-refractivity contribution in [2.24, 2.45) is 21.7 Å². The highest BCUT2D eigenvalue weighted by Gasteiger charge is 2.12. The molecule has 2 unspecified atom stereocenters. The lowest BCUT2D eigenvalue weighted by Gasteiger charge is -2.19. The van der Waals surface area contributed by atoms with Crippen LogP contribution in [-0.2, 0) is 6.54 Å². The van der Waals surface area contributed by atoms with Gasteiger partial charge in [0.25, 0.3) is 0 Å². The zero-order valence-corrected chi connectivity index (χ0v) is 13.9. The molecule has 1 aromatic heterocycles. The lowest BCUT2D eigenvalue weighted by molar-refractivity contribution is -0.867. The van der Waals surface area contributed by atoms with Gasteiger partial charge in [-0.25, -0.2) is 0 Å². The van der Waals surface area contributed by atoms with Crippen LogP contribution in [0.1, 0.15) is 6.92 Å². The van der Waals surface area contributed by atoms with Crippen molar-refractivity contribution in [3.8, 4) is 0 Å². The average molecular weight is 335 g/mol. The van der Waals surface area contributed by atoms with E-state index in [0.29, 0.717) is 24.4 Å². The zero-order valence-electron chi connectivity index (χ0n) is 13.9. The second-order valence-corrected chi connectivity index (χ2v) is 5.14. The summed E-state index contributed by atoms with van der Waals surface area (Å²) in [5.74, 6) is 0.407. The number of nitrogens with one attached hydrogen (secondary N) is 1. The topological polar surface area (TPSA) is 127 Å². The Bertz CT molecular complexity index is 631. The number of nitrogens with two attached hydrogens (primary N) is 2.